The number of phenols is 3. The third-order valence-electron chi connectivity index (χ3n) is 7.15. The molecule has 6 rings (SSSR count). The molecule has 8 heteroatoms. The predicted octanol–water partition coefficient (Wildman–Crippen LogP) is 7.40. The van der Waals surface area contributed by atoms with E-state index in [0.717, 1.165) is 6.07 Å². The van der Waals surface area contributed by atoms with Gasteiger partial charge in [-0.05, 0) is 30.3 Å². The standard InChI is InChI=1S/2C20H14O4/c21-16-12-7-13-17(24-20(23)15-10-5-2-6-11-15)18(16)19(22)14-8-3-1-4-9-14;21-17-12-18(22)16(20(24)14-9-5-2-6-10-14)11-15(17)19(23)13-7-3-1-4-8-13/h1-13,21H;1-12,21-22H. The average molecular weight is 637 g/mol. The van der Waals surface area contributed by atoms with Gasteiger partial charge in [-0.3, -0.25) is 14.4 Å². The molecule has 6 aromatic carbocycles. The summed E-state index contributed by atoms with van der Waals surface area (Å²) >= 11 is 0. The van der Waals surface area contributed by atoms with E-state index in [2.05, 4.69) is 0 Å². The summed E-state index contributed by atoms with van der Waals surface area (Å²) in [7, 11) is 0. The molecule has 0 aromatic heterocycles. The van der Waals surface area contributed by atoms with E-state index >= 15 is 0 Å². The van der Waals surface area contributed by atoms with Crippen LogP contribution in [0.5, 0.6) is 23.0 Å². The smallest absolute Gasteiger partial charge is 0.343 e. The minimum absolute atomic E-state index is 0.0257. The maximum absolute atomic E-state index is 12.7. The second-order valence-electron chi connectivity index (χ2n) is 10.4. The van der Waals surface area contributed by atoms with Gasteiger partial charge < -0.3 is 20.1 Å². The Morgan fingerprint density at radius 2 is 0.792 bits per heavy atom. The highest BCUT2D eigenvalue weighted by atomic mass is 16.5. The Hall–Kier alpha value is -6.80. The number of hydrogen-bond donors (Lipinski definition) is 3. The quantitative estimate of drug-likeness (QED) is 0.0893. The maximum Gasteiger partial charge on any atom is 0.343 e. The topological polar surface area (TPSA) is 138 Å². The Kier molecular flexibility index (Phi) is 10.2. The third-order valence-corrected chi connectivity index (χ3v) is 7.15. The summed E-state index contributed by atoms with van der Waals surface area (Å²) in [5.74, 6) is -2.80. The Labute approximate surface area is 275 Å². The molecule has 3 N–H and O–H groups in total. The van der Waals surface area contributed by atoms with Crippen molar-refractivity contribution in [3.05, 3.63) is 191 Å². The van der Waals surface area contributed by atoms with Crippen LogP contribution in [0.15, 0.2) is 152 Å². The van der Waals surface area contributed by atoms with Gasteiger partial charge in [0.2, 0.25) is 5.78 Å². The van der Waals surface area contributed by atoms with Crippen LogP contribution in [0.2, 0.25) is 0 Å². The van der Waals surface area contributed by atoms with Crippen molar-refractivity contribution >= 4 is 23.3 Å². The zero-order chi connectivity index (χ0) is 34.0. The number of ketones is 3. The van der Waals surface area contributed by atoms with Crippen molar-refractivity contribution in [2.24, 2.45) is 0 Å². The molecule has 48 heavy (non-hydrogen) atoms. The SMILES string of the molecule is O=C(Oc1cccc(O)c1C(=O)c1ccccc1)c1ccccc1.O=C(c1ccccc1)c1cc(C(=O)c2ccccc2)c(O)cc1O. The molecule has 0 atom stereocenters. The van der Waals surface area contributed by atoms with Crippen molar-refractivity contribution < 1.29 is 39.2 Å². The second kappa shape index (κ2) is 15.0. The van der Waals surface area contributed by atoms with Crippen LogP contribution in [0.1, 0.15) is 58.1 Å². The van der Waals surface area contributed by atoms with Gasteiger partial charge in [-0.25, -0.2) is 4.79 Å². The van der Waals surface area contributed by atoms with Gasteiger partial charge in [0.15, 0.2) is 11.6 Å². The molecule has 0 saturated heterocycles. The fraction of sp³-hybridized carbons (Fsp3) is 0. The lowest BCUT2D eigenvalue weighted by Crippen LogP contribution is -2.12. The lowest BCUT2D eigenvalue weighted by Gasteiger charge is -2.11. The number of rotatable bonds is 8. The van der Waals surface area contributed by atoms with Crippen LogP contribution in [-0.4, -0.2) is 38.6 Å². The highest BCUT2D eigenvalue weighted by Gasteiger charge is 2.22. The number of benzene rings is 6. The Morgan fingerprint density at radius 3 is 1.23 bits per heavy atom. The van der Waals surface area contributed by atoms with Gasteiger partial charge in [-0.15, -0.1) is 0 Å². The van der Waals surface area contributed by atoms with Crippen molar-refractivity contribution in [2.75, 3.05) is 0 Å². The van der Waals surface area contributed by atoms with E-state index in [4.69, 9.17) is 4.74 Å². The second-order valence-corrected chi connectivity index (χ2v) is 10.4. The zero-order valence-corrected chi connectivity index (χ0v) is 25.3. The van der Waals surface area contributed by atoms with Crippen molar-refractivity contribution in [1.82, 2.24) is 0 Å². The van der Waals surface area contributed by atoms with E-state index in [1.54, 1.807) is 121 Å². The van der Waals surface area contributed by atoms with Crippen molar-refractivity contribution in [3.8, 4) is 23.0 Å². The highest BCUT2D eigenvalue weighted by Crippen LogP contribution is 2.32. The fourth-order valence-electron chi connectivity index (χ4n) is 4.73. The van der Waals surface area contributed by atoms with E-state index in [1.165, 1.54) is 24.3 Å². The Balaban J connectivity index is 0.000000188. The average Bonchev–Trinajstić information content (AvgIpc) is 3.13. The van der Waals surface area contributed by atoms with Crippen LogP contribution in [0.3, 0.4) is 0 Å². The molecule has 6 aromatic rings. The lowest BCUT2D eigenvalue weighted by molar-refractivity contribution is 0.0732. The minimum Gasteiger partial charge on any atom is -0.507 e. The lowest BCUT2D eigenvalue weighted by atomic mass is 9.96. The van der Waals surface area contributed by atoms with Crippen LogP contribution in [0.25, 0.3) is 0 Å². The molecule has 0 bridgehead atoms. The molecule has 0 spiro atoms. The number of aromatic hydroxyl groups is 3. The van der Waals surface area contributed by atoms with Gasteiger partial charge in [0.25, 0.3) is 0 Å². The molecule has 8 nitrogen and oxygen atoms in total. The van der Waals surface area contributed by atoms with Crippen molar-refractivity contribution in [1.29, 1.82) is 0 Å². The summed E-state index contributed by atoms with van der Waals surface area (Å²) in [6.07, 6.45) is 0. The molecule has 0 radical (unpaired) electrons. The highest BCUT2D eigenvalue weighted by molar-refractivity contribution is 6.15. The van der Waals surface area contributed by atoms with Gasteiger partial charge in [0.05, 0.1) is 16.7 Å². The van der Waals surface area contributed by atoms with E-state index in [1.807, 2.05) is 0 Å². The minimum atomic E-state index is -0.594. The molecule has 0 heterocycles. The van der Waals surface area contributed by atoms with Crippen LogP contribution in [0.4, 0.5) is 0 Å². The molecule has 0 aliphatic carbocycles. The van der Waals surface area contributed by atoms with Gasteiger partial charge >= 0.3 is 5.97 Å². The molecule has 0 aliphatic heterocycles. The molecule has 0 amide bonds. The van der Waals surface area contributed by atoms with E-state index < -0.39 is 23.3 Å². The predicted molar refractivity (Wildman–Crippen MR) is 179 cm³/mol. The van der Waals surface area contributed by atoms with Gasteiger partial charge in [-0.2, -0.15) is 0 Å². The van der Waals surface area contributed by atoms with E-state index in [0.29, 0.717) is 22.3 Å². The number of ether oxygens (including phenoxy) is 1. The normalized spacial score (nSPS) is 10.2. The van der Waals surface area contributed by atoms with Crippen molar-refractivity contribution in [3.63, 3.8) is 0 Å². The number of hydrogen-bond acceptors (Lipinski definition) is 8. The summed E-state index contributed by atoms with van der Waals surface area (Å²) < 4.78 is 5.34. The first kappa shape index (κ1) is 32.6. The first-order valence-corrected chi connectivity index (χ1v) is 14.7. The first-order valence-electron chi connectivity index (χ1n) is 14.7. The maximum atomic E-state index is 12.7. The van der Waals surface area contributed by atoms with Gasteiger partial charge in [0, 0.05) is 22.8 Å². The molecule has 0 aliphatic rings. The molecule has 0 saturated carbocycles. The Bertz CT molecular complexity index is 2000. The summed E-state index contributed by atoms with van der Waals surface area (Å²) in [4.78, 5) is 49.9. The summed E-state index contributed by atoms with van der Waals surface area (Å²) in [6, 6.07) is 40.5. The summed E-state index contributed by atoms with van der Waals surface area (Å²) in [6.45, 7) is 0. The number of carbonyl (C=O) groups is 4. The van der Waals surface area contributed by atoms with Crippen LogP contribution < -0.4 is 4.74 Å². The molecule has 0 unspecified atom stereocenters. The zero-order valence-electron chi connectivity index (χ0n) is 25.3. The van der Waals surface area contributed by atoms with Crippen molar-refractivity contribution in [2.45, 2.75) is 0 Å². The number of carbonyl (C=O) groups excluding carboxylic acids is 4. The largest absolute Gasteiger partial charge is 0.507 e. The molecule has 236 valence electrons. The molecular weight excluding hydrogens is 608 g/mol. The summed E-state index contributed by atoms with van der Waals surface area (Å²) in [5.41, 5.74) is 1.44. The van der Waals surface area contributed by atoms with Crippen LogP contribution in [-0.2, 0) is 0 Å². The van der Waals surface area contributed by atoms with Gasteiger partial charge in [-0.1, -0.05) is 115 Å². The number of esters is 1. The van der Waals surface area contributed by atoms with Crippen LogP contribution in [0, 0.1) is 0 Å². The Morgan fingerprint density at radius 1 is 0.396 bits per heavy atom. The molecule has 0 fully saturated rings. The van der Waals surface area contributed by atoms with Gasteiger partial charge in [0.1, 0.15) is 28.6 Å². The number of phenolic OH excluding ortho intramolecular Hbond substituents is 3. The van der Waals surface area contributed by atoms with E-state index in [-0.39, 0.29) is 39.7 Å². The molecular formula is C40H28O8. The monoisotopic (exact) mass is 636 g/mol. The fourth-order valence-corrected chi connectivity index (χ4v) is 4.73. The summed E-state index contributed by atoms with van der Waals surface area (Å²) in [5, 5.41) is 30.1. The van der Waals surface area contributed by atoms with E-state index in [9.17, 15) is 34.5 Å². The first-order chi connectivity index (χ1) is 23.2. The third kappa shape index (κ3) is 7.52. The van der Waals surface area contributed by atoms with Crippen LogP contribution >= 0.6 is 0 Å².